The van der Waals surface area contributed by atoms with E-state index < -0.39 is 0 Å². The highest BCUT2D eigenvalue weighted by Crippen LogP contribution is 2.15. The first-order valence-corrected chi connectivity index (χ1v) is 6.58. The predicted molar refractivity (Wildman–Crippen MR) is 77.7 cm³/mol. The lowest BCUT2D eigenvalue weighted by atomic mass is 10.1. The van der Waals surface area contributed by atoms with Crippen molar-refractivity contribution in [3.63, 3.8) is 0 Å². The van der Waals surface area contributed by atoms with Crippen LogP contribution in [0.1, 0.15) is 16.7 Å². The average Bonchev–Trinajstić information content (AvgIpc) is 2.43. The number of nitrogens with zero attached hydrogens (tertiary/aromatic N) is 2. The molecule has 0 spiro atoms. The van der Waals surface area contributed by atoms with Gasteiger partial charge in [0, 0.05) is 23.7 Å². The minimum Gasteiger partial charge on any atom is -0.298 e. The van der Waals surface area contributed by atoms with Gasteiger partial charge in [0.25, 0.3) is 0 Å². The van der Waals surface area contributed by atoms with Crippen LogP contribution in [-0.4, -0.2) is 11.9 Å². The summed E-state index contributed by atoms with van der Waals surface area (Å²) >= 11 is 5.84. The Hall–Kier alpha value is -1.89. The Balaban J connectivity index is 2.03. The number of rotatable bonds is 4. The molecule has 2 nitrogen and oxygen atoms in total. The second kappa shape index (κ2) is 6.51. The van der Waals surface area contributed by atoms with Gasteiger partial charge in [-0.15, -0.1) is 0 Å². The Bertz CT molecular complexity index is 632. The van der Waals surface area contributed by atoms with E-state index in [1.54, 1.807) is 12.1 Å². The quantitative estimate of drug-likeness (QED) is 0.851. The Morgan fingerprint density at radius 2 is 1.85 bits per heavy atom. The molecule has 0 fully saturated rings. The molecular formula is C16H14ClFN2. The smallest absolute Gasteiger partial charge is 0.129 e. The van der Waals surface area contributed by atoms with Crippen LogP contribution in [0.15, 0.2) is 42.5 Å². The van der Waals surface area contributed by atoms with Crippen molar-refractivity contribution >= 4 is 11.6 Å². The van der Waals surface area contributed by atoms with E-state index >= 15 is 0 Å². The van der Waals surface area contributed by atoms with Gasteiger partial charge in [0.05, 0.1) is 11.6 Å². The van der Waals surface area contributed by atoms with Gasteiger partial charge in [-0.3, -0.25) is 4.90 Å². The van der Waals surface area contributed by atoms with E-state index in [1.165, 1.54) is 6.07 Å². The summed E-state index contributed by atoms with van der Waals surface area (Å²) in [5.74, 6) is -0.341. The average molecular weight is 289 g/mol. The van der Waals surface area contributed by atoms with E-state index in [9.17, 15) is 4.39 Å². The zero-order valence-electron chi connectivity index (χ0n) is 11.1. The third-order valence-electron chi connectivity index (χ3n) is 2.99. The van der Waals surface area contributed by atoms with Crippen LogP contribution in [0, 0.1) is 17.1 Å². The summed E-state index contributed by atoms with van der Waals surface area (Å²) in [6, 6.07) is 14.1. The first-order valence-electron chi connectivity index (χ1n) is 6.20. The van der Waals surface area contributed by atoms with Crippen LogP contribution in [0.4, 0.5) is 4.39 Å². The first-order chi connectivity index (χ1) is 9.58. The van der Waals surface area contributed by atoms with Gasteiger partial charge in [-0.05, 0) is 36.9 Å². The molecule has 0 atom stereocenters. The van der Waals surface area contributed by atoms with Crippen molar-refractivity contribution in [3.8, 4) is 6.07 Å². The number of benzene rings is 2. The van der Waals surface area contributed by atoms with Gasteiger partial charge in [0.15, 0.2) is 0 Å². The van der Waals surface area contributed by atoms with E-state index in [0.717, 1.165) is 5.56 Å². The highest BCUT2D eigenvalue weighted by Gasteiger charge is 2.07. The van der Waals surface area contributed by atoms with Crippen molar-refractivity contribution in [1.29, 1.82) is 5.26 Å². The molecule has 4 heteroatoms. The fraction of sp³-hybridized carbons (Fsp3) is 0.188. The van der Waals surface area contributed by atoms with Crippen LogP contribution in [-0.2, 0) is 13.1 Å². The van der Waals surface area contributed by atoms with Gasteiger partial charge in [0.1, 0.15) is 5.82 Å². The normalized spacial score (nSPS) is 10.6. The zero-order chi connectivity index (χ0) is 14.5. The molecule has 0 bridgehead atoms. The molecular weight excluding hydrogens is 275 g/mol. The Morgan fingerprint density at radius 1 is 1.15 bits per heavy atom. The first kappa shape index (κ1) is 14.5. The highest BCUT2D eigenvalue weighted by atomic mass is 35.5. The Kier molecular flexibility index (Phi) is 4.73. The molecule has 0 aliphatic heterocycles. The second-order valence-electron chi connectivity index (χ2n) is 4.72. The standard InChI is InChI=1S/C16H14ClFN2/c1-20(10-12-3-6-15(17)7-4-12)11-14-5-2-13(9-19)8-16(14)18/h2-8H,10-11H2,1H3. The zero-order valence-corrected chi connectivity index (χ0v) is 11.9. The van der Waals surface area contributed by atoms with Gasteiger partial charge >= 0.3 is 0 Å². The largest absolute Gasteiger partial charge is 0.298 e. The summed E-state index contributed by atoms with van der Waals surface area (Å²) in [5, 5.41) is 9.42. The Labute approximate surface area is 123 Å². The van der Waals surface area contributed by atoms with Gasteiger partial charge in [-0.25, -0.2) is 4.39 Å². The number of hydrogen-bond donors (Lipinski definition) is 0. The summed E-state index contributed by atoms with van der Waals surface area (Å²) in [6.45, 7) is 1.19. The lowest BCUT2D eigenvalue weighted by molar-refractivity contribution is 0.313. The van der Waals surface area contributed by atoms with Gasteiger partial charge in [-0.2, -0.15) is 5.26 Å². The molecule has 0 aromatic heterocycles. The van der Waals surface area contributed by atoms with E-state index in [-0.39, 0.29) is 5.82 Å². The van der Waals surface area contributed by atoms with Crippen LogP contribution in [0.25, 0.3) is 0 Å². The monoisotopic (exact) mass is 288 g/mol. The lowest BCUT2D eigenvalue weighted by Gasteiger charge is -2.17. The SMILES string of the molecule is CN(Cc1ccc(Cl)cc1)Cc1ccc(C#N)cc1F. The van der Waals surface area contributed by atoms with Crippen LogP contribution in [0.2, 0.25) is 5.02 Å². The molecule has 0 aliphatic carbocycles. The minimum atomic E-state index is -0.341. The van der Waals surface area contributed by atoms with E-state index in [0.29, 0.717) is 29.2 Å². The summed E-state index contributed by atoms with van der Waals surface area (Å²) in [5.41, 5.74) is 2.04. The summed E-state index contributed by atoms with van der Waals surface area (Å²) in [6.07, 6.45) is 0. The van der Waals surface area contributed by atoms with Crippen molar-refractivity contribution < 1.29 is 4.39 Å². The van der Waals surface area contributed by atoms with Crippen molar-refractivity contribution in [3.05, 3.63) is 70.0 Å². The van der Waals surface area contributed by atoms with Crippen LogP contribution in [0.5, 0.6) is 0 Å². The molecule has 0 saturated carbocycles. The third kappa shape index (κ3) is 3.80. The van der Waals surface area contributed by atoms with Crippen LogP contribution >= 0.6 is 11.6 Å². The molecule has 102 valence electrons. The van der Waals surface area contributed by atoms with Crippen LogP contribution in [0.3, 0.4) is 0 Å². The maximum atomic E-state index is 13.8. The third-order valence-corrected chi connectivity index (χ3v) is 3.24. The molecule has 2 aromatic rings. The van der Waals surface area contributed by atoms with Crippen molar-refractivity contribution in [2.45, 2.75) is 13.1 Å². The van der Waals surface area contributed by atoms with E-state index in [4.69, 9.17) is 16.9 Å². The summed E-state index contributed by atoms with van der Waals surface area (Å²) in [4.78, 5) is 2.01. The van der Waals surface area contributed by atoms with E-state index in [2.05, 4.69) is 0 Å². The molecule has 20 heavy (non-hydrogen) atoms. The molecule has 0 heterocycles. The van der Waals surface area contributed by atoms with Gasteiger partial charge < -0.3 is 0 Å². The molecule has 2 aromatic carbocycles. The minimum absolute atomic E-state index is 0.339. The fourth-order valence-electron chi connectivity index (χ4n) is 1.99. The molecule has 0 aliphatic rings. The molecule has 0 saturated heterocycles. The number of nitriles is 1. The molecule has 0 radical (unpaired) electrons. The lowest BCUT2D eigenvalue weighted by Crippen LogP contribution is -2.18. The molecule has 2 rings (SSSR count). The van der Waals surface area contributed by atoms with Crippen molar-refractivity contribution in [1.82, 2.24) is 4.90 Å². The molecule has 0 amide bonds. The molecule has 0 N–H and O–H groups in total. The molecule has 0 unspecified atom stereocenters. The summed E-state index contributed by atoms with van der Waals surface area (Å²) in [7, 11) is 1.92. The van der Waals surface area contributed by atoms with E-state index in [1.807, 2.05) is 42.3 Å². The van der Waals surface area contributed by atoms with Gasteiger partial charge in [-0.1, -0.05) is 29.8 Å². The van der Waals surface area contributed by atoms with Gasteiger partial charge in [0.2, 0.25) is 0 Å². The van der Waals surface area contributed by atoms with Crippen LogP contribution < -0.4 is 0 Å². The maximum Gasteiger partial charge on any atom is 0.129 e. The number of halogens is 2. The Morgan fingerprint density at radius 3 is 2.45 bits per heavy atom. The predicted octanol–water partition coefficient (Wildman–Crippen LogP) is 3.98. The second-order valence-corrected chi connectivity index (χ2v) is 5.15. The summed E-state index contributed by atoms with van der Waals surface area (Å²) < 4.78 is 13.8. The number of hydrogen-bond acceptors (Lipinski definition) is 2. The fourth-order valence-corrected chi connectivity index (χ4v) is 2.12. The van der Waals surface area contributed by atoms with Crippen molar-refractivity contribution in [2.24, 2.45) is 0 Å². The highest BCUT2D eigenvalue weighted by molar-refractivity contribution is 6.30. The maximum absolute atomic E-state index is 13.8. The topological polar surface area (TPSA) is 27.0 Å². The van der Waals surface area contributed by atoms with Crippen molar-refractivity contribution in [2.75, 3.05) is 7.05 Å².